The summed E-state index contributed by atoms with van der Waals surface area (Å²) >= 11 is 0. The minimum atomic E-state index is -0.461. The molecule has 0 amide bonds. The predicted molar refractivity (Wildman–Crippen MR) is 104 cm³/mol. The number of phenolic OH excluding ortho intramolecular Hbond substituents is 1. The van der Waals surface area contributed by atoms with Crippen molar-refractivity contribution in [3.8, 4) is 5.75 Å². The van der Waals surface area contributed by atoms with Gasteiger partial charge in [-0.1, -0.05) is 24.3 Å². The highest BCUT2D eigenvalue weighted by Gasteiger charge is 2.18. The Morgan fingerprint density at radius 1 is 1.30 bits per heavy atom. The molecule has 0 spiro atoms. The van der Waals surface area contributed by atoms with Gasteiger partial charge in [-0.05, 0) is 19.1 Å². The van der Waals surface area contributed by atoms with Gasteiger partial charge in [-0.25, -0.2) is 10.2 Å². The lowest BCUT2D eigenvalue weighted by Crippen LogP contribution is -2.37. The molecule has 9 heteroatoms. The highest BCUT2D eigenvalue weighted by molar-refractivity contribution is 5.83. The van der Waals surface area contributed by atoms with E-state index in [9.17, 15) is 14.7 Å². The first kappa shape index (κ1) is 18.2. The standard InChI is InChI=1S/C18H20N6O3/c1-11(2)10-24-14-15(22(3)18(27)23(4)16(14)26)20-17(24)21-19-9-12-7-5-6-8-13(12)25/h5-9,25H,1,10H2,2-4H3,(H,20,21). The van der Waals surface area contributed by atoms with Gasteiger partial charge in [0.05, 0.1) is 6.21 Å². The van der Waals surface area contributed by atoms with Crippen LogP contribution >= 0.6 is 0 Å². The van der Waals surface area contributed by atoms with Crippen LogP contribution in [0.15, 0.2) is 51.1 Å². The summed E-state index contributed by atoms with van der Waals surface area (Å²) in [6.45, 7) is 6.04. The minimum Gasteiger partial charge on any atom is -0.507 e. The van der Waals surface area contributed by atoms with Gasteiger partial charge in [-0.3, -0.25) is 18.5 Å². The van der Waals surface area contributed by atoms with Gasteiger partial charge < -0.3 is 5.11 Å². The number of phenols is 1. The van der Waals surface area contributed by atoms with Crippen LogP contribution in [0.5, 0.6) is 5.75 Å². The van der Waals surface area contributed by atoms with Gasteiger partial charge in [0.1, 0.15) is 5.75 Å². The molecule has 0 unspecified atom stereocenters. The van der Waals surface area contributed by atoms with E-state index in [-0.39, 0.29) is 22.9 Å². The zero-order valence-corrected chi connectivity index (χ0v) is 15.3. The second-order valence-corrected chi connectivity index (χ2v) is 6.29. The monoisotopic (exact) mass is 368 g/mol. The topological polar surface area (TPSA) is 106 Å². The number of hydrogen-bond donors (Lipinski definition) is 2. The molecule has 2 aromatic heterocycles. The lowest BCUT2D eigenvalue weighted by molar-refractivity contribution is 0.474. The molecular weight excluding hydrogens is 348 g/mol. The van der Waals surface area contributed by atoms with Crippen LogP contribution in [0.4, 0.5) is 5.95 Å². The Labute approximate surface area is 154 Å². The van der Waals surface area contributed by atoms with E-state index in [4.69, 9.17) is 0 Å². The Balaban J connectivity index is 2.12. The molecule has 0 bridgehead atoms. The molecule has 0 aliphatic rings. The number of nitrogens with zero attached hydrogens (tertiary/aromatic N) is 5. The van der Waals surface area contributed by atoms with E-state index in [0.29, 0.717) is 12.1 Å². The summed E-state index contributed by atoms with van der Waals surface area (Å²) in [4.78, 5) is 29.1. The fourth-order valence-corrected chi connectivity index (χ4v) is 2.71. The summed E-state index contributed by atoms with van der Waals surface area (Å²) in [5.41, 5.74) is 3.74. The first-order valence-electron chi connectivity index (χ1n) is 8.19. The molecule has 3 aromatic rings. The second kappa shape index (κ2) is 6.94. The quantitative estimate of drug-likeness (QED) is 0.399. The third kappa shape index (κ3) is 3.26. The molecular formula is C18H20N6O3. The number of hydrogen-bond acceptors (Lipinski definition) is 6. The fraction of sp³-hybridized carbons (Fsp3) is 0.222. The normalized spacial score (nSPS) is 11.4. The van der Waals surface area contributed by atoms with Crippen LogP contribution in [0.1, 0.15) is 12.5 Å². The van der Waals surface area contributed by atoms with E-state index in [0.717, 1.165) is 10.1 Å². The number of benzene rings is 1. The Morgan fingerprint density at radius 2 is 2.00 bits per heavy atom. The summed E-state index contributed by atoms with van der Waals surface area (Å²) in [5.74, 6) is 0.382. The lowest BCUT2D eigenvalue weighted by Gasteiger charge is -2.08. The van der Waals surface area contributed by atoms with E-state index >= 15 is 0 Å². The maximum absolute atomic E-state index is 12.6. The number of aromatic nitrogens is 4. The van der Waals surface area contributed by atoms with Crippen LogP contribution in [0, 0.1) is 0 Å². The number of para-hydroxylation sites is 1. The first-order valence-corrected chi connectivity index (χ1v) is 8.19. The molecule has 0 saturated heterocycles. The molecule has 0 radical (unpaired) electrons. The van der Waals surface area contributed by atoms with E-state index < -0.39 is 11.2 Å². The molecule has 0 fully saturated rings. The van der Waals surface area contributed by atoms with E-state index in [1.807, 2.05) is 6.92 Å². The maximum atomic E-state index is 12.6. The van der Waals surface area contributed by atoms with E-state index in [1.54, 1.807) is 35.9 Å². The molecule has 0 aliphatic carbocycles. The zero-order valence-electron chi connectivity index (χ0n) is 15.3. The molecule has 2 N–H and O–H groups in total. The van der Waals surface area contributed by atoms with Gasteiger partial charge >= 0.3 is 5.69 Å². The Bertz CT molecular complexity index is 1180. The van der Waals surface area contributed by atoms with Crippen LogP contribution in [-0.2, 0) is 20.6 Å². The number of aromatic hydroxyl groups is 1. The number of imidazole rings is 1. The molecule has 0 saturated carbocycles. The van der Waals surface area contributed by atoms with Crippen molar-refractivity contribution in [2.75, 3.05) is 5.43 Å². The summed E-state index contributed by atoms with van der Waals surface area (Å²) in [5, 5.41) is 13.9. The van der Waals surface area contributed by atoms with Crippen LogP contribution < -0.4 is 16.7 Å². The summed E-state index contributed by atoms with van der Waals surface area (Å²) in [6, 6.07) is 6.74. The number of anilines is 1. The second-order valence-electron chi connectivity index (χ2n) is 6.29. The largest absolute Gasteiger partial charge is 0.507 e. The zero-order chi connectivity index (χ0) is 19.7. The van der Waals surface area contributed by atoms with E-state index in [2.05, 4.69) is 22.1 Å². The Kier molecular flexibility index (Phi) is 4.68. The van der Waals surface area contributed by atoms with Crippen molar-refractivity contribution in [2.24, 2.45) is 19.2 Å². The highest BCUT2D eigenvalue weighted by atomic mass is 16.3. The van der Waals surface area contributed by atoms with Crippen molar-refractivity contribution in [3.05, 3.63) is 62.8 Å². The molecule has 2 heterocycles. The van der Waals surface area contributed by atoms with Crippen LogP contribution in [0.25, 0.3) is 11.2 Å². The minimum absolute atomic E-state index is 0.0924. The smallest absolute Gasteiger partial charge is 0.332 e. The highest BCUT2D eigenvalue weighted by Crippen LogP contribution is 2.18. The number of aryl methyl sites for hydroxylation is 1. The number of rotatable bonds is 5. The third-order valence-corrected chi connectivity index (χ3v) is 4.08. The molecule has 0 aliphatic heterocycles. The third-order valence-electron chi connectivity index (χ3n) is 4.08. The number of allylic oxidation sites excluding steroid dienone is 1. The average Bonchev–Trinajstić information content (AvgIpc) is 2.97. The van der Waals surface area contributed by atoms with Crippen LogP contribution in [-0.4, -0.2) is 30.0 Å². The summed E-state index contributed by atoms with van der Waals surface area (Å²) in [7, 11) is 2.98. The Hall–Kier alpha value is -3.62. The van der Waals surface area contributed by atoms with Crippen molar-refractivity contribution in [2.45, 2.75) is 13.5 Å². The SMILES string of the molecule is C=C(C)Cn1c(NN=Cc2ccccc2O)nc2c1c(=O)n(C)c(=O)n2C. The van der Waals surface area contributed by atoms with Gasteiger partial charge in [0.2, 0.25) is 5.95 Å². The van der Waals surface area contributed by atoms with Gasteiger partial charge in [0.25, 0.3) is 5.56 Å². The molecule has 27 heavy (non-hydrogen) atoms. The van der Waals surface area contributed by atoms with Gasteiger partial charge in [-0.2, -0.15) is 10.1 Å². The van der Waals surface area contributed by atoms with Crippen LogP contribution in [0.2, 0.25) is 0 Å². The first-order chi connectivity index (χ1) is 12.8. The van der Waals surface area contributed by atoms with Crippen molar-refractivity contribution >= 4 is 23.3 Å². The molecule has 3 rings (SSSR count). The maximum Gasteiger partial charge on any atom is 0.332 e. The average molecular weight is 368 g/mol. The summed E-state index contributed by atoms with van der Waals surface area (Å²) < 4.78 is 3.97. The van der Waals surface area contributed by atoms with Crippen molar-refractivity contribution < 1.29 is 5.11 Å². The van der Waals surface area contributed by atoms with Gasteiger partial charge in [0, 0.05) is 26.2 Å². The van der Waals surface area contributed by atoms with E-state index in [1.165, 1.54) is 17.8 Å². The van der Waals surface area contributed by atoms with Gasteiger partial charge in [0.15, 0.2) is 11.2 Å². The fourth-order valence-electron chi connectivity index (χ4n) is 2.71. The molecule has 140 valence electrons. The van der Waals surface area contributed by atoms with Crippen molar-refractivity contribution in [1.82, 2.24) is 18.7 Å². The van der Waals surface area contributed by atoms with Crippen molar-refractivity contribution in [3.63, 3.8) is 0 Å². The number of fused-ring (bicyclic) bond motifs is 1. The molecule has 0 atom stereocenters. The van der Waals surface area contributed by atoms with Gasteiger partial charge in [-0.15, -0.1) is 0 Å². The number of nitrogens with one attached hydrogen (secondary N) is 1. The summed E-state index contributed by atoms with van der Waals surface area (Å²) in [6.07, 6.45) is 1.44. The lowest BCUT2D eigenvalue weighted by atomic mass is 10.2. The van der Waals surface area contributed by atoms with Crippen molar-refractivity contribution in [1.29, 1.82) is 0 Å². The number of hydrazone groups is 1. The molecule has 1 aromatic carbocycles. The Morgan fingerprint density at radius 3 is 2.67 bits per heavy atom. The van der Waals surface area contributed by atoms with Crippen LogP contribution in [0.3, 0.4) is 0 Å². The predicted octanol–water partition coefficient (Wildman–Crippen LogP) is 1.16. The molecule has 9 nitrogen and oxygen atoms in total.